The quantitative estimate of drug-likeness (QED) is 0.478. The highest BCUT2D eigenvalue weighted by atomic mass is 16.5. The number of carbonyl (C=O) groups excluding carboxylic acids is 2. The van der Waals surface area contributed by atoms with Crippen LogP contribution < -0.4 is 10.4 Å². The van der Waals surface area contributed by atoms with Crippen LogP contribution in [-0.2, 0) is 9.53 Å². The van der Waals surface area contributed by atoms with E-state index in [1.165, 1.54) is 25.3 Å². The third kappa shape index (κ3) is 4.43. The summed E-state index contributed by atoms with van der Waals surface area (Å²) in [5.74, 6) is -0.606. The molecule has 0 bridgehead atoms. The molecule has 0 aromatic heterocycles. The molecule has 1 N–H and O–H groups in total. The SMILES string of the molecule is [B]c1ccc(N=Nc2cc3c(cc2O)N(CCC(=O)OC)CCC3=O)c(C#N)c1. The zero-order valence-corrected chi connectivity index (χ0v) is 15.8. The number of fused-ring (bicyclic) bond motifs is 1. The summed E-state index contributed by atoms with van der Waals surface area (Å²) < 4.78 is 4.65. The number of azo groups is 1. The molecule has 0 saturated heterocycles. The first kappa shape index (κ1) is 20.1. The molecule has 29 heavy (non-hydrogen) atoms. The van der Waals surface area contributed by atoms with Crippen molar-refractivity contribution in [1.82, 2.24) is 0 Å². The Balaban J connectivity index is 1.91. The predicted molar refractivity (Wildman–Crippen MR) is 107 cm³/mol. The third-order valence-electron chi connectivity index (χ3n) is 4.56. The number of rotatable bonds is 5. The lowest BCUT2D eigenvalue weighted by Gasteiger charge is -2.30. The van der Waals surface area contributed by atoms with Crippen LogP contribution in [0.5, 0.6) is 5.75 Å². The third-order valence-corrected chi connectivity index (χ3v) is 4.56. The normalized spacial score (nSPS) is 13.2. The van der Waals surface area contributed by atoms with E-state index in [-0.39, 0.29) is 41.6 Å². The van der Waals surface area contributed by atoms with E-state index in [9.17, 15) is 20.0 Å². The van der Waals surface area contributed by atoms with E-state index in [0.29, 0.717) is 35.5 Å². The minimum atomic E-state index is -0.352. The number of hydrogen-bond donors (Lipinski definition) is 1. The van der Waals surface area contributed by atoms with Crippen molar-refractivity contribution in [2.75, 3.05) is 25.1 Å². The Hall–Kier alpha value is -3.67. The lowest BCUT2D eigenvalue weighted by molar-refractivity contribution is -0.140. The van der Waals surface area contributed by atoms with E-state index >= 15 is 0 Å². The van der Waals surface area contributed by atoms with Crippen LogP contribution in [0.2, 0.25) is 0 Å². The number of carbonyl (C=O) groups is 2. The number of aromatic hydroxyl groups is 1. The smallest absolute Gasteiger partial charge is 0.307 e. The Bertz CT molecular complexity index is 1050. The highest BCUT2D eigenvalue weighted by Gasteiger charge is 2.25. The second-order valence-electron chi connectivity index (χ2n) is 6.43. The second kappa shape index (κ2) is 8.56. The maximum absolute atomic E-state index is 12.4. The summed E-state index contributed by atoms with van der Waals surface area (Å²) >= 11 is 0. The van der Waals surface area contributed by atoms with Crippen LogP contribution in [0.15, 0.2) is 40.6 Å². The van der Waals surface area contributed by atoms with Crippen LogP contribution in [0.1, 0.15) is 28.8 Å². The number of hydrogen-bond acceptors (Lipinski definition) is 8. The maximum atomic E-state index is 12.4. The maximum Gasteiger partial charge on any atom is 0.307 e. The fourth-order valence-electron chi connectivity index (χ4n) is 3.02. The lowest BCUT2D eigenvalue weighted by atomic mass is 9.94. The van der Waals surface area contributed by atoms with Crippen molar-refractivity contribution in [2.24, 2.45) is 10.2 Å². The fraction of sp³-hybridized carbons (Fsp3) is 0.250. The van der Waals surface area contributed by atoms with Crippen molar-refractivity contribution in [3.05, 3.63) is 41.5 Å². The van der Waals surface area contributed by atoms with Gasteiger partial charge in [0.05, 0.1) is 24.8 Å². The molecule has 144 valence electrons. The Morgan fingerprint density at radius 3 is 2.79 bits per heavy atom. The van der Waals surface area contributed by atoms with E-state index in [2.05, 4.69) is 15.0 Å². The Morgan fingerprint density at radius 2 is 2.07 bits per heavy atom. The van der Waals surface area contributed by atoms with E-state index in [4.69, 9.17) is 7.85 Å². The number of nitrogens with zero attached hydrogens (tertiary/aromatic N) is 4. The molecule has 1 heterocycles. The average molecular weight is 388 g/mol. The van der Waals surface area contributed by atoms with Gasteiger partial charge in [0.1, 0.15) is 31.0 Å². The van der Waals surface area contributed by atoms with Gasteiger partial charge in [-0.2, -0.15) is 5.26 Å². The van der Waals surface area contributed by atoms with Gasteiger partial charge in [0, 0.05) is 31.1 Å². The number of anilines is 1. The number of benzene rings is 2. The number of ether oxygens (including phenoxy) is 1. The van der Waals surface area contributed by atoms with E-state index in [1.807, 2.05) is 11.0 Å². The number of ketones is 1. The summed E-state index contributed by atoms with van der Waals surface area (Å²) in [5, 5.41) is 27.6. The van der Waals surface area contributed by atoms with Gasteiger partial charge in [0.15, 0.2) is 5.78 Å². The molecule has 0 atom stereocenters. The standard InChI is InChI=1S/C20H17BN4O4/c1-29-20(28)5-7-25-6-4-18(26)14-9-16(19(27)10-17(14)25)24-23-15-3-2-13(21)8-12(15)11-22/h2-3,8-10,27H,4-7H2,1H3. The highest BCUT2D eigenvalue weighted by molar-refractivity contribution is 6.32. The van der Waals surface area contributed by atoms with Crippen molar-refractivity contribution in [2.45, 2.75) is 12.8 Å². The van der Waals surface area contributed by atoms with Gasteiger partial charge in [-0.25, -0.2) is 0 Å². The van der Waals surface area contributed by atoms with Gasteiger partial charge in [-0.05, 0) is 18.2 Å². The molecule has 0 saturated carbocycles. The monoisotopic (exact) mass is 388 g/mol. The molecule has 0 amide bonds. The topological polar surface area (TPSA) is 115 Å². The zero-order valence-electron chi connectivity index (χ0n) is 15.8. The van der Waals surface area contributed by atoms with Crippen LogP contribution in [-0.4, -0.2) is 44.9 Å². The van der Waals surface area contributed by atoms with Crippen molar-refractivity contribution >= 4 is 42.1 Å². The highest BCUT2D eigenvalue weighted by Crippen LogP contribution is 2.38. The van der Waals surface area contributed by atoms with Gasteiger partial charge in [-0.3, -0.25) is 9.59 Å². The Labute approximate surface area is 168 Å². The molecule has 2 aromatic carbocycles. The second-order valence-corrected chi connectivity index (χ2v) is 6.43. The van der Waals surface area contributed by atoms with Crippen LogP contribution in [0.3, 0.4) is 0 Å². The summed E-state index contributed by atoms with van der Waals surface area (Å²) in [6.07, 6.45) is 0.451. The van der Waals surface area contributed by atoms with E-state index in [0.717, 1.165) is 0 Å². The molecule has 1 aliphatic rings. The fourth-order valence-corrected chi connectivity index (χ4v) is 3.02. The molecule has 2 radical (unpaired) electrons. The van der Waals surface area contributed by atoms with Crippen LogP contribution in [0.4, 0.5) is 17.1 Å². The number of phenolic OH excluding ortho intramolecular Hbond substituents is 1. The number of phenols is 1. The number of Topliss-reactive ketones (excluding diaryl/α,β-unsaturated/α-hetero) is 1. The summed E-state index contributed by atoms with van der Waals surface area (Å²) in [4.78, 5) is 25.6. The molecular formula is C20H17BN4O4. The molecule has 9 heteroatoms. The van der Waals surface area contributed by atoms with Gasteiger partial charge >= 0.3 is 5.97 Å². The number of nitriles is 1. The van der Waals surface area contributed by atoms with E-state index < -0.39 is 0 Å². The molecule has 3 rings (SSSR count). The van der Waals surface area contributed by atoms with Crippen molar-refractivity contribution in [3.8, 4) is 11.8 Å². The van der Waals surface area contributed by atoms with Crippen LogP contribution in [0.25, 0.3) is 0 Å². The summed E-state index contributed by atoms with van der Waals surface area (Å²) in [6, 6.07) is 9.49. The molecule has 0 aliphatic carbocycles. The van der Waals surface area contributed by atoms with Gasteiger partial charge in [-0.1, -0.05) is 11.5 Å². The van der Waals surface area contributed by atoms with Crippen molar-refractivity contribution in [1.29, 1.82) is 5.26 Å². The van der Waals surface area contributed by atoms with Gasteiger partial charge in [0.2, 0.25) is 0 Å². The molecule has 0 fully saturated rings. The first-order valence-corrected chi connectivity index (χ1v) is 8.86. The lowest BCUT2D eigenvalue weighted by Crippen LogP contribution is -2.33. The Morgan fingerprint density at radius 1 is 1.31 bits per heavy atom. The number of esters is 1. The van der Waals surface area contributed by atoms with Crippen molar-refractivity contribution in [3.63, 3.8) is 0 Å². The van der Waals surface area contributed by atoms with Crippen molar-refractivity contribution < 1.29 is 19.4 Å². The average Bonchev–Trinajstić information content (AvgIpc) is 2.72. The molecule has 0 unspecified atom stereocenters. The van der Waals surface area contributed by atoms with Gasteiger partial charge < -0.3 is 14.7 Å². The largest absolute Gasteiger partial charge is 0.506 e. The molecule has 2 aromatic rings. The van der Waals surface area contributed by atoms with E-state index in [1.54, 1.807) is 12.1 Å². The number of methoxy groups -OCH3 is 1. The first-order valence-electron chi connectivity index (χ1n) is 8.86. The Kier molecular flexibility index (Phi) is 5.93. The van der Waals surface area contributed by atoms with Gasteiger partial charge in [-0.15, -0.1) is 10.2 Å². The zero-order chi connectivity index (χ0) is 21.0. The molecule has 0 spiro atoms. The van der Waals surface area contributed by atoms with Gasteiger partial charge in [0.25, 0.3) is 0 Å². The minimum absolute atomic E-state index is 0.0871. The summed E-state index contributed by atoms with van der Waals surface area (Å²) in [7, 11) is 6.97. The molecule has 8 nitrogen and oxygen atoms in total. The molecule has 1 aliphatic heterocycles. The first-order chi connectivity index (χ1) is 13.9. The summed E-state index contributed by atoms with van der Waals surface area (Å²) in [5.41, 5.74) is 2.00. The van der Waals surface area contributed by atoms with Crippen LogP contribution in [0, 0.1) is 11.3 Å². The molecular weight excluding hydrogens is 371 g/mol. The van der Waals surface area contributed by atoms with Crippen LogP contribution >= 0.6 is 0 Å². The predicted octanol–water partition coefficient (Wildman–Crippen LogP) is 2.43. The minimum Gasteiger partial charge on any atom is -0.506 e. The summed E-state index contributed by atoms with van der Waals surface area (Å²) in [6.45, 7) is 0.810.